The summed E-state index contributed by atoms with van der Waals surface area (Å²) in [7, 11) is 3.27. The van der Waals surface area contributed by atoms with Crippen LogP contribution in [0.4, 0.5) is 0 Å². The lowest BCUT2D eigenvalue weighted by molar-refractivity contribution is 0.0733. The number of methoxy groups -OCH3 is 2. The second-order valence-corrected chi connectivity index (χ2v) is 6.68. The lowest BCUT2D eigenvalue weighted by Crippen LogP contribution is -2.32. The quantitative estimate of drug-likeness (QED) is 0.678. The van der Waals surface area contributed by atoms with Crippen LogP contribution in [0.3, 0.4) is 0 Å². The van der Waals surface area contributed by atoms with E-state index in [9.17, 15) is 4.79 Å². The van der Waals surface area contributed by atoms with E-state index in [1.54, 1.807) is 43.6 Å². The molecule has 3 aromatic rings. The molecule has 1 amide bonds. The van der Waals surface area contributed by atoms with Crippen LogP contribution in [0, 0.1) is 0 Å². The second kappa shape index (κ2) is 8.22. The zero-order valence-electron chi connectivity index (χ0n) is 16.4. The highest BCUT2D eigenvalue weighted by Crippen LogP contribution is 2.40. The molecule has 2 aromatic carbocycles. The Morgan fingerprint density at radius 1 is 1.03 bits per heavy atom. The summed E-state index contributed by atoms with van der Waals surface area (Å²) in [6.45, 7) is 1.31. The molecule has 6 heteroatoms. The van der Waals surface area contributed by atoms with E-state index < -0.39 is 0 Å². The molecule has 0 N–H and O–H groups in total. The summed E-state index contributed by atoms with van der Waals surface area (Å²) < 4.78 is 17.1. The maximum atomic E-state index is 13.0. The number of pyridine rings is 1. The summed E-state index contributed by atoms with van der Waals surface area (Å²) in [5.74, 6) is 2.04. The summed E-state index contributed by atoms with van der Waals surface area (Å²) in [6.07, 6.45) is 3.25. The summed E-state index contributed by atoms with van der Waals surface area (Å²) in [5, 5.41) is 0. The number of para-hydroxylation sites is 1. The molecule has 4 rings (SSSR count). The number of carbonyl (C=O) groups excluding carboxylic acids is 1. The second-order valence-electron chi connectivity index (χ2n) is 6.68. The molecule has 2 heterocycles. The van der Waals surface area contributed by atoms with Crippen molar-refractivity contribution in [3.05, 3.63) is 72.1 Å². The minimum Gasteiger partial charge on any atom is -0.496 e. The Hall–Kier alpha value is -3.54. The van der Waals surface area contributed by atoms with Gasteiger partial charge < -0.3 is 19.1 Å². The zero-order chi connectivity index (χ0) is 20.2. The largest absolute Gasteiger partial charge is 0.496 e. The van der Waals surface area contributed by atoms with Crippen molar-refractivity contribution >= 4 is 5.91 Å². The molecule has 148 valence electrons. The lowest BCUT2D eigenvalue weighted by Gasteiger charge is -2.20. The van der Waals surface area contributed by atoms with Crippen LogP contribution in [0.2, 0.25) is 0 Å². The van der Waals surface area contributed by atoms with Crippen LogP contribution in [0.25, 0.3) is 11.1 Å². The Bertz CT molecular complexity index is 1020. The fourth-order valence-electron chi connectivity index (χ4n) is 3.52. The van der Waals surface area contributed by atoms with Crippen molar-refractivity contribution < 1.29 is 19.0 Å². The molecule has 0 saturated heterocycles. The first kappa shape index (κ1) is 18.8. The van der Waals surface area contributed by atoms with Crippen LogP contribution < -0.4 is 14.2 Å². The smallest absolute Gasteiger partial charge is 0.254 e. The molecule has 1 aromatic heterocycles. The molecular formula is C23H22N2O4. The summed E-state index contributed by atoms with van der Waals surface area (Å²) in [4.78, 5) is 18.7. The summed E-state index contributed by atoms with van der Waals surface area (Å²) >= 11 is 0. The van der Waals surface area contributed by atoms with E-state index in [0.717, 1.165) is 22.4 Å². The fourth-order valence-corrected chi connectivity index (χ4v) is 3.52. The Morgan fingerprint density at radius 2 is 1.79 bits per heavy atom. The third-order valence-corrected chi connectivity index (χ3v) is 4.95. The lowest BCUT2D eigenvalue weighted by atomic mass is 10.0. The molecule has 0 bridgehead atoms. The molecule has 1 aliphatic rings. The molecular weight excluding hydrogens is 368 g/mol. The van der Waals surface area contributed by atoms with E-state index in [1.807, 2.05) is 36.4 Å². The number of benzene rings is 2. The Balaban J connectivity index is 1.74. The first-order chi connectivity index (χ1) is 14.2. The van der Waals surface area contributed by atoms with Gasteiger partial charge in [-0.2, -0.15) is 0 Å². The van der Waals surface area contributed by atoms with Gasteiger partial charge in [-0.3, -0.25) is 9.78 Å². The summed E-state index contributed by atoms with van der Waals surface area (Å²) in [6, 6.07) is 15.2. The van der Waals surface area contributed by atoms with Crippen molar-refractivity contribution in [2.24, 2.45) is 0 Å². The van der Waals surface area contributed by atoms with Gasteiger partial charge in [0.2, 0.25) is 0 Å². The van der Waals surface area contributed by atoms with Crippen molar-refractivity contribution in [3.63, 3.8) is 0 Å². The van der Waals surface area contributed by atoms with E-state index in [1.165, 1.54) is 0 Å². The van der Waals surface area contributed by atoms with Crippen LogP contribution >= 0.6 is 0 Å². The predicted octanol–water partition coefficient (Wildman–Crippen LogP) is 3.80. The minimum atomic E-state index is -0.0505. The highest BCUT2D eigenvalue weighted by atomic mass is 16.5. The maximum absolute atomic E-state index is 13.0. The van der Waals surface area contributed by atoms with E-state index >= 15 is 0 Å². The third kappa shape index (κ3) is 3.74. The van der Waals surface area contributed by atoms with Crippen molar-refractivity contribution in [2.75, 3.05) is 27.4 Å². The number of hydrogen-bond acceptors (Lipinski definition) is 5. The van der Waals surface area contributed by atoms with E-state index in [0.29, 0.717) is 36.8 Å². The molecule has 0 aliphatic carbocycles. The topological polar surface area (TPSA) is 60.9 Å². The van der Waals surface area contributed by atoms with E-state index in [4.69, 9.17) is 14.2 Å². The van der Waals surface area contributed by atoms with Crippen LogP contribution in [0.15, 0.2) is 60.9 Å². The average molecular weight is 390 g/mol. The molecule has 1 aliphatic heterocycles. The van der Waals surface area contributed by atoms with Gasteiger partial charge in [0, 0.05) is 35.6 Å². The number of carbonyl (C=O) groups is 1. The average Bonchev–Trinajstić information content (AvgIpc) is 3.01. The van der Waals surface area contributed by atoms with Gasteiger partial charge in [0.15, 0.2) is 11.5 Å². The SMILES string of the molecule is COc1ccccc1-c1cc2c(c(OC)c1)OCCN(C(=O)c1ccncc1)C2. The van der Waals surface area contributed by atoms with Crippen molar-refractivity contribution in [1.29, 1.82) is 0 Å². The van der Waals surface area contributed by atoms with Gasteiger partial charge >= 0.3 is 0 Å². The zero-order valence-corrected chi connectivity index (χ0v) is 16.4. The standard InChI is InChI=1S/C23H22N2O4/c1-27-20-6-4-3-5-19(20)17-13-18-15-25(23(26)16-7-9-24-10-8-16)11-12-29-22(18)21(14-17)28-2/h3-10,13-14H,11-12,15H2,1-2H3. The number of amides is 1. The van der Waals surface area contributed by atoms with Crippen LogP contribution in [0.1, 0.15) is 15.9 Å². The minimum absolute atomic E-state index is 0.0505. The van der Waals surface area contributed by atoms with Crippen LogP contribution in [0.5, 0.6) is 17.2 Å². The van der Waals surface area contributed by atoms with E-state index in [-0.39, 0.29) is 5.91 Å². The van der Waals surface area contributed by atoms with Crippen molar-refractivity contribution in [1.82, 2.24) is 9.88 Å². The number of hydrogen-bond donors (Lipinski definition) is 0. The maximum Gasteiger partial charge on any atom is 0.254 e. The predicted molar refractivity (Wildman–Crippen MR) is 109 cm³/mol. The fraction of sp³-hybridized carbons (Fsp3) is 0.217. The molecule has 0 unspecified atom stereocenters. The van der Waals surface area contributed by atoms with Crippen molar-refractivity contribution in [2.45, 2.75) is 6.54 Å². The highest BCUT2D eigenvalue weighted by Gasteiger charge is 2.24. The van der Waals surface area contributed by atoms with E-state index in [2.05, 4.69) is 4.98 Å². The summed E-state index contributed by atoms with van der Waals surface area (Å²) in [5.41, 5.74) is 3.40. The first-order valence-corrected chi connectivity index (χ1v) is 9.37. The van der Waals surface area contributed by atoms with Crippen molar-refractivity contribution in [3.8, 4) is 28.4 Å². The van der Waals surface area contributed by atoms with Gasteiger partial charge in [-0.25, -0.2) is 0 Å². The van der Waals surface area contributed by atoms with Gasteiger partial charge in [-0.15, -0.1) is 0 Å². The van der Waals surface area contributed by atoms with Gasteiger partial charge in [0.05, 0.1) is 20.8 Å². The molecule has 0 radical (unpaired) electrons. The monoisotopic (exact) mass is 390 g/mol. The molecule has 0 atom stereocenters. The Morgan fingerprint density at radius 3 is 2.55 bits per heavy atom. The molecule has 6 nitrogen and oxygen atoms in total. The Kier molecular flexibility index (Phi) is 5.33. The molecule has 29 heavy (non-hydrogen) atoms. The van der Waals surface area contributed by atoms with Crippen LogP contribution in [-0.4, -0.2) is 43.2 Å². The van der Waals surface area contributed by atoms with Gasteiger partial charge in [0.25, 0.3) is 5.91 Å². The van der Waals surface area contributed by atoms with Gasteiger partial charge in [0.1, 0.15) is 12.4 Å². The first-order valence-electron chi connectivity index (χ1n) is 9.37. The number of rotatable bonds is 4. The molecule has 0 fully saturated rings. The van der Waals surface area contributed by atoms with Gasteiger partial charge in [-0.1, -0.05) is 18.2 Å². The van der Waals surface area contributed by atoms with Gasteiger partial charge in [-0.05, 0) is 35.9 Å². The number of ether oxygens (including phenoxy) is 3. The number of nitrogens with zero attached hydrogens (tertiary/aromatic N) is 2. The number of aromatic nitrogens is 1. The normalized spacial score (nSPS) is 13.1. The Labute approximate surface area is 169 Å². The number of fused-ring (bicyclic) bond motifs is 1. The van der Waals surface area contributed by atoms with Crippen LogP contribution in [-0.2, 0) is 6.54 Å². The highest BCUT2D eigenvalue weighted by molar-refractivity contribution is 5.94. The third-order valence-electron chi connectivity index (χ3n) is 4.95. The molecule has 0 saturated carbocycles. The molecule has 0 spiro atoms.